The molecule has 0 aliphatic carbocycles. The van der Waals surface area contributed by atoms with Gasteiger partial charge in [0, 0.05) is 0 Å². The zero-order chi connectivity index (χ0) is 0. The van der Waals surface area contributed by atoms with E-state index in [-0.39, 0.29) is 57.5 Å². The standard InChI is InChI=1S/4FH.Ga.Li/h4*1H;;/q;;;;+3;+1/p-4. The molecule has 0 aromatic carbocycles. The Kier molecular flexibility index (Phi) is 7250. The van der Waals surface area contributed by atoms with Gasteiger partial charge in [-0.05, 0) is 0 Å². The molecule has 6 heteroatoms. The molecule has 0 saturated heterocycles. The largest absolute Gasteiger partial charge is 3.00 e. The molecule has 0 atom stereocenters. The Hall–Kier alpha value is 0.954. The van der Waals surface area contributed by atoms with E-state index in [1.54, 1.807) is 0 Å². The fourth-order valence-electron chi connectivity index (χ4n) is 0. The predicted octanol–water partition coefficient (Wildman–Crippen LogP) is -15.4. The number of hydrogen-bond acceptors (Lipinski definition) is 0. The van der Waals surface area contributed by atoms with Crippen molar-refractivity contribution in [2.45, 2.75) is 0 Å². The van der Waals surface area contributed by atoms with E-state index in [2.05, 4.69) is 0 Å². The maximum Gasteiger partial charge on any atom is 3.00 e. The van der Waals surface area contributed by atoms with Crippen LogP contribution in [-0.4, -0.2) is 19.8 Å². The van der Waals surface area contributed by atoms with Crippen LogP contribution in [0.5, 0.6) is 0 Å². The van der Waals surface area contributed by atoms with Gasteiger partial charge in [-0.25, -0.2) is 0 Å². The quantitative estimate of drug-likeness (QED) is 0.239. The van der Waals surface area contributed by atoms with E-state index in [0.29, 0.717) is 0 Å². The normalized spacial score (nSPS) is 0. The molecular formula is F4GaLi. The fraction of sp³-hybridized carbons (Fsp3) is 0. The van der Waals surface area contributed by atoms with Gasteiger partial charge in [0.05, 0.1) is 0 Å². The van der Waals surface area contributed by atoms with Crippen LogP contribution in [-0.2, 0) is 0 Å². The molecule has 0 aliphatic heterocycles. The van der Waals surface area contributed by atoms with Crippen molar-refractivity contribution in [3.05, 3.63) is 0 Å². The summed E-state index contributed by atoms with van der Waals surface area (Å²) in [7, 11) is 0. The molecule has 0 spiro atoms. The van der Waals surface area contributed by atoms with Crippen molar-refractivity contribution in [2.75, 3.05) is 0 Å². The van der Waals surface area contributed by atoms with Crippen LogP contribution < -0.4 is 37.7 Å². The van der Waals surface area contributed by atoms with Gasteiger partial charge >= 0.3 is 38.7 Å². The van der Waals surface area contributed by atoms with E-state index in [4.69, 9.17) is 0 Å². The third-order valence-corrected chi connectivity index (χ3v) is 0. The molecule has 0 fully saturated rings. The molecular weight excluding hydrogens is 153 g/mol. The van der Waals surface area contributed by atoms with Crippen LogP contribution in [0.1, 0.15) is 0 Å². The zero-order valence-electron chi connectivity index (χ0n) is 3.09. The van der Waals surface area contributed by atoms with Gasteiger partial charge in [-0.15, -0.1) is 0 Å². The molecule has 0 saturated carbocycles. The Bertz CT molecular complexity index is 7.51. The third-order valence-electron chi connectivity index (χ3n) is 0. The summed E-state index contributed by atoms with van der Waals surface area (Å²) in [6.07, 6.45) is 0. The van der Waals surface area contributed by atoms with E-state index in [0.717, 1.165) is 0 Å². The molecule has 0 rings (SSSR count). The van der Waals surface area contributed by atoms with Crippen molar-refractivity contribution < 1.29 is 37.7 Å². The first-order valence-electron chi connectivity index (χ1n) is 0. The Labute approximate surface area is 57.8 Å². The van der Waals surface area contributed by atoms with Gasteiger partial charge in [-0.2, -0.15) is 0 Å². The van der Waals surface area contributed by atoms with Gasteiger partial charge in [0.2, 0.25) is 0 Å². The van der Waals surface area contributed by atoms with Crippen molar-refractivity contribution in [3.63, 3.8) is 0 Å². The van der Waals surface area contributed by atoms with Gasteiger partial charge in [-0.1, -0.05) is 0 Å². The van der Waals surface area contributed by atoms with Crippen molar-refractivity contribution in [2.24, 2.45) is 0 Å². The van der Waals surface area contributed by atoms with E-state index < -0.39 is 0 Å². The van der Waals surface area contributed by atoms with Crippen molar-refractivity contribution in [3.8, 4) is 0 Å². The van der Waals surface area contributed by atoms with E-state index in [1.807, 2.05) is 0 Å². The van der Waals surface area contributed by atoms with Crippen molar-refractivity contribution in [1.29, 1.82) is 0 Å². The molecule has 0 N–H and O–H groups in total. The summed E-state index contributed by atoms with van der Waals surface area (Å²) in [4.78, 5) is 0. The summed E-state index contributed by atoms with van der Waals surface area (Å²) >= 11 is 0. The number of rotatable bonds is 0. The molecule has 32 valence electrons. The smallest absolute Gasteiger partial charge is 1.00 e. The van der Waals surface area contributed by atoms with Crippen molar-refractivity contribution in [1.82, 2.24) is 0 Å². The molecule has 0 aromatic rings. The second-order valence-corrected chi connectivity index (χ2v) is 0. The van der Waals surface area contributed by atoms with Crippen LogP contribution in [0.4, 0.5) is 0 Å². The van der Waals surface area contributed by atoms with E-state index in [1.165, 1.54) is 0 Å². The maximum atomic E-state index is 0. The van der Waals surface area contributed by atoms with Crippen LogP contribution in [0.3, 0.4) is 0 Å². The molecule has 0 amide bonds. The summed E-state index contributed by atoms with van der Waals surface area (Å²) < 4.78 is 0. The fourth-order valence-corrected chi connectivity index (χ4v) is 0. The number of hydrogen-bond donors (Lipinski definition) is 0. The SMILES string of the molecule is [F-].[F-].[F-].[F-].[Ga+3].[Li+]. The molecule has 0 heterocycles. The summed E-state index contributed by atoms with van der Waals surface area (Å²) in [5.74, 6) is 0. The second kappa shape index (κ2) is 161. The minimum atomic E-state index is 0. The van der Waals surface area contributed by atoms with E-state index >= 15 is 0 Å². The van der Waals surface area contributed by atoms with Crippen LogP contribution in [0, 0.1) is 0 Å². The van der Waals surface area contributed by atoms with Crippen molar-refractivity contribution >= 4 is 19.8 Å². The zero-order valence-corrected chi connectivity index (χ0v) is 5.51. The third kappa shape index (κ3) is 85.1. The average molecular weight is 153 g/mol. The topological polar surface area (TPSA) is 0 Å². The molecule has 0 aromatic heterocycles. The van der Waals surface area contributed by atoms with Crippen LogP contribution in [0.2, 0.25) is 0 Å². The molecule has 0 unspecified atom stereocenters. The monoisotopic (exact) mass is 152 g/mol. The van der Waals surface area contributed by atoms with E-state index in [9.17, 15) is 0 Å². The molecule has 0 radical (unpaired) electrons. The van der Waals surface area contributed by atoms with Gasteiger partial charge in [0.15, 0.2) is 0 Å². The summed E-state index contributed by atoms with van der Waals surface area (Å²) in [6.45, 7) is 0. The summed E-state index contributed by atoms with van der Waals surface area (Å²) in [5, 5.41) is 0. The first-order valence-corrected chi connectivity index (χ1v) is 0. The van der Waals surface area contributed by atoms with Crippen LogP contribution in [0.15, 0.2) is 0 Å². The van der Waals surface area contributed by atoms with Gasteiger partial charge in [0.25, 0.3) is 0 Å². The second-order valence-electron chi connectivity index (χ2n) is 0. The van der Waals surface area contributed by atoms with Gasteiger partial charge in [0.1, 0.15) is 0 Å². The Morgan fingerprint density at radius 2 is 0.500 bits per heavy atom. The molecule has 0 bridgehead atoms. The molecule has 0 nitrogen and oxygen atoms in total. The Balaban J connectivity index is 0. The average Bonchev–Trinajstić information content (AvgIpc) is 0. The Morgan fingerprint density at radius 3 is 0.500 bits per heavy atom. The minimum Gasteiger partial charge on any atom is -1.00 e. The minimum absolute atomic E-state index is 0. The molecule has 6 heavy (non-hydrogen) atoms. The predicted molar refractivity (Wildman–Crippen MR) is 5.75 cm³/mol. The maximum absolute atomic E-state index is 0. The van der Waals surface area contributed by atoms with Gasteiger partial charge < -0.3 is 18.8 Å². The first-order chi connectivity index (χ1) is 0. The Morgan fingerprint density at radius 1 is 0.500 bits per heavy atom. The molecule has 0 aliphatic rings. The first kappa shape index (κ1) is 271. The van der Waals surface area contributed by atoms with Gasteiger partial charge in [-0.3, -0.25) is 0 Å². The number of halogens is 4. The summed E-state index contributed by atoms with van der Waals surface area (Å²) in [6, 6.07) is 0. The van der Waals surface area contributed by atoms with Crippen LogP contribution >= 0.6 is 0 Å². The van der Waals surface area contributed by atoms with Crippen LogP contribution in [0.25, 0.3) is 0 Å². The summed E-state index contributed by atoms with van der Waals surface area (Å²) in [5.41, 5.74) is 0.